The van der Waals surface area contributed by atoms with Gasteiger partial charge in [0.1, 0.15) is 0 Å². The van der Waals surface area contributed by atoms with Gasteiger partial charge in [-0.05, 0) is 59.2 Å². The summed E-state index contributed by atoms with van der Waals surface area (Å²) in [5, 5.41) is 9.96. The predicted molar refractivity (Wildman–Crippen MR) is 72.9 cm³/mol. The molecule has 4 heteroatoms. The van der Waals surface area contributed by atoms with Crippen LogP contribution in [0.4, 0.5) is 0 Å². The second-order valence-electron chi connectivity index (χ2n) is 3.32. The summed E-state index contributed by atoms with van der Waals surface area (Å²) in [6.07, 6.45) is 1.19. The normalized spacial score (nSPS) is 12.8. The van der Waals surface area contributed by atoms with Gasteiger partial charge in [0.2, 0.25) is 0 Å². The molecule has 2 nitrogen and oxygen atoms in total. The average Bonchev–Trinajstić information content (AvgIpc) is 2.22. The van der Waals surface area contributed by atoms with Crippen LogP contribution < -0.4 is 0 Å². The first kappa shape index (κ1) is 13.4. The topological polar surface area (TPSA) is 29.5 Å². The lowest BCUT2D eigenvalue weighted by Crippen LogP contribution is -2.01. The van der Waals surface area contributed by atoms with E-state index in [1.165, 1.54) is 0 Å². The van der Waals surface area contributed by atoms with Crippen molar-refractivity contribution in [3.8, 4) is 0 Å². The molecule has 1 aromatic carbocycles. The molecule has 0 bridgehead atoms. The molecule has 0 aliphatic heterocycles. The Balaban J connectivity index is 2.64. The summed E-state index contributed by atoms with van der Waals surface area (Å²) in [6, 6.07) is 5.98. The Labute approximate surface area is 112 Å². The number of aliphatic hydroxyl groups excluding tert-OH is 1. The van der Waals surface area contributed by atoms with Crippen molar-refractivity contribution in [1.29, 1.82) is 0 Å². The van der Waals surface area contributed by atoms with Crippen LogP contribution in [0.3, 0.4) is 0 Å². The quantitative estimate of drug-likeness (QED) is 0.621. The first-order valence-corrected chi connectivity index (χ1v) is 6.64. The molecule has 1 aromatic rings. The Kier molecular flexibility index (Phi) is 6.11. The van der Waals surface area contributed by atoms with E-state index in [1.807, 2.05) is 18.2 Å². The van der Waals surface area contributed by atoms with Crippen LogP contribution in [0.1, 0.15) is 24.5 Å². The van der Waals surface area contributed by atoms with Crippen molar-refractivity contribution in [3.63, 3.8) is 0 Å². The summed E-state index contributed by atoms with van der Waals surface area (Å²) in [7, 11) is 1.67. The zero-order chi connectivity index (χ0) is 11.3. The fourth-order valence-electron chi connectivity index (χ4n) is 1.35. The number of methoxy groups -OCH3 is 1. The molecule has 0 aliphatic carbocycles. The van der Waals surface area contributed by atoms with Gasteiger partial charge < -0.3 is 9.84 Å². The van der Waals surface area contributed by atoms with Crippen molar-refractivity contribution < 1.29 is 9.84 Å². The van der Waals surface area contributed by atoms with Crippen LogP contribution in [-0.2, 0) is 4.74 Å². The molecule has 84 valence electrons. The molecule has 1 unspecified atom stereocenters. The van der Waals surface area contributed by atoms with Gasteiger partial charge in [0.05, 0.1) is 6.10 Å². The number of rotatable bonds is 5. The van der Waals surface area contributed by atoms with Gasteiger partial charge in [-0.2, -0.15) is 0 Å². The molecule has 1 N–H and O–H groups in total. The lowest BCUT2D eigenvalue weighted by Gasteiger charge is -2.12. The smallest absolute Gasteiger partial charge is 0.0802 e. The zero-order valence-electron chi connectivity index (χ0n) is 8.54. The van der Waals surface area contributed by atoms with Crippen LogP contribution in [-0.4, -0.2) is 18.8 Å². The molecule has 0 spiro atoms. The molecule has 0 radical (unpaired) electrons. The van der Waals surface area contributed by atoms with Crippen LogP contribution in [0.5, 0.6) is 0 Å². The van der Waals surface area contributed by atoms with Crippen LogP contribution in [0.25, 0.3) is 0 Å². The number of hydrogen-bond donors (Lipinski definition) is 1. The van der Waals surface area contributed by atoms with E-state index in [-0.39, 0.29) is 0 Å². The number of halogens is 2. The SMILES string of the molecule is COCCCC(O)c1cc(I)ccc1Br. The van der Waals surface area contributed by atoms with Crippen molar-refractivity contribution in [1.82, 2.24) is 0 Å². The van der Waals surface area contributed by atoms with Crippen molar-refractivity contribution in [2.75, 3.05) is 13.7 Å². The van der Waals surface area contributed by atoms with E-state index in [2.05, 4.69) is 38.5 Å². The highest BCUT2D eigenvalue weighted by atomic mass is 127. The average molecular weight is 385 g/mol. The first-order chi connectivity index (χ1) is 7.15. The molecule has 0 saturated heterocycles. The van der Waals surface area contributed by atoms with Crippen LogP contribution in [0.15, 0.2) is 22.7 Å². The maximum atomic E-state index is 9.96. The van der Waals surface area contributed by atoms with E-state index in [4.69, 9.17) is 4.74 Å². The first-order valence-electron chi connectivity index (χ1n) is 4.77. The van der Waals surface area contributed by atoms with Gasteiger partial charge in [0, 0.05) is 21.8 Å². The van der Waals surface area contributed by atoms with Gasteiger partial charge in [-0.15, -0.1) is 0 Å². The molecule has 0 heterocycles. The van der Waals surface area contributed by atoms with Gasteiger partial charge in [0.15, 0.2) is 0 Å². The highest BCUT2D eigenvalue weighted by molar-refractivity contribution is 14.1. The minimum atomic E-state index is -0.413. The maximum absolute atomic E-state index is 9.96. The van der Waals surface area contributed by atoms with Gasteiger partial charge in [0.25, 0.3) is 0 Å². The van der Waals surface area contributed by atoms with Gasteiger partial charge >= 0.3 is 0 Å². The molecule has 0 aliphatic rings. The van der Waals surface area contributed by atoms with Crippen LogP contribution in [0, 0.1) is 3.57 Å². The van der Waals surface area contributed by atoms with Gasteiger partial charge in [-0.1, -0.05) is 15.9 Å². The van der Waals surface area contributed by atoms with Gasteiger partial charge in [-0.25, -0.2) is 0 Å². The second-order valence-corrected chi connectivity index (χ2v) is 5.42. The third-order valence-corrected chi connectivity index (χ3v) is 3.54. The van der Waals surface area contributed by atoms with Gasteiger partial charge in [-0.3, -0.25) is 0 Å². The Hall–Kier alpha value is 0.350. The van der Waals surface area contributed by atoms with Crippen molar-refractivity contribution in [2.45, 2.75) is 18.9 Å². The molecule has 0 fully saturated rings. The summed E-state index contributed by atoms with van der Waals surface area (Å²) >= 11 is 5.69. The third kappa shape index (κ3) is 4.38. The summed E-state index contributed by atoms with van der Waals surface area (Å²) in [6.45, 7) is 0.693. The molecule has 0 saturated carbocycles. The standard InChI is InChI=1S/C11H14BrIO2/c1-15-6-2-3-11(14)9-7-8(13)4-5-10(9)12/h4-5,7,11,14H,2-3,6H2,1H3. The minimum absolute atomic E-state index is 0.413. The van der Waals surface area contributed by atoms with Crippen molar-refractivity contribution in [3.05, 3.63) is 31.8 Å². The molecular weight excluding hydrogens is 371 g/mol. The number of aliphatic hydroxyl groups is 1. The molecule has 1 rings (SSSR count). The summed E-state index contributed by atoms with van der Waals surface area (Å²) in [5.74, 6) is 0. The summed E-state index contributed by atoms with van der Waals surface area (Å²) < 4.78 is 7.06. The Morgan fingerprint density at radius 2 is 2.27 bits per heavy atom. The molecule has 15 heavy (non-hydrogen) atoms. The lowest BCUT2D eigenvalue weighted by molar-refractivity contribution is 0.135. The largest absolute Gasteiger partial charge is 0.388 e. The van der Waals surface area contributed by atoms with Crippen molar-refractivity contribution in [2.24, 2.45) is 0 Å². The molecule has 1 atom stereocenters. The van der Waals surface area contributed by atoms with Crippen molar-refractivity contribution >= 4 is 38.5 Å². The Bertz CT molecular complexity index is 317. The van der Waals surface area contributed by atoms with E-state index in [0.29, 0.717) is 6.61 Å². The lowest BCUT2D eigenvalue weighted by atomic mass is 10.1. The number of benzene rings is 1. The maximum Gasteiger partial charge on any atom is 0.0802 e. The fraction of sp³-hybridized carbons (Fsp3) is 0.455. The number of ether oxygens (including phenoxy) is 1. The predicted octanol–water partition coefficient (Wildman–Crippen LogP) is 3.51. The molecule has 0 amide bonds. The summed E-state index contributed by atoms with van der Waals surface area (Å²) in [5.41, 5.74) is 0.956. The van der Waals surface area contributed by atoms with E-state index < -0.39 is 6.10 Å². The third-order valence-electron chi connectivity index (χ3n) is 2.14. The van der Waals surface area contributed by atoms with Crippen LogP contribution in [0.2, 0.25) is 0 Å². The second kappa shape index (κ2) is 6.83. The Morgan fingerprint density at radius 1 is 1.53 bits per heavy atom. The summed E-state index contributed by atoms with van der Waals surface area (Å²) in [4.78, 5) is 0. The van der Waals surface area contributed by atoms with E-state index in [0.717, 1.165) is 26.4 Å². The zero-order valence-corrected chi connectivity index (χ0v) is 12.3. The minimum Gasteiger partial charge on any atom is -0.388 e. The van der Waals surface area contributed by atoms with E-state index >= 15 is 0 Å². The highest BCUT2D eigenvalue weighted by Crippen LogP contribution is 2.28. The molecule has 0 aromatic heterocycles. The fourth-order valence-corrected chi connectivity index (χ4v) is 2.37. The molecular formula is C11H14BrIO2. The number of hydrogen-bond acceptors (Lipinski definition) is 2. The highest BCUT2D eigenvalue weighted by Gasteiger charge is 2.11. The van der Waals surface area contributed by atoms with E-state index in [1.54, 1.807) is 7.11 Å². The Morgan fingerprint density at radius 3 is 2.93 bits per heavy atom. The van der Waals surface area contributed by atoms with E-state index in [9.17, 15) is 5.11 Å². The monoisotopic (exact) mass is 384 g/mol. The van der Waals surface area contributed by atoms with Crippen LogP contribution >= 0.6 is 38.5 Å².